The van der Waals surface area contributed by atoms with Gasteiger partial charge in [-0.05, 0) is 50.4 Å². The smallest absolute Gasteiger partial charge is 0.0365 e. The Morgan fingerprint density at radius 3 is 2.45 bits per heavy atom. The van der Waals surface area contributed by atoms with Crippen LogP contribution in [0.2, 0.25) is 0 Å². The lowest BCUT2D eigenvalue weighted by molar-refractivity contribution is 0.812. The number of nitrogens with two attached hydrogens (primary N) is 1. The van der Waals surface area contributed by atoms with E-state index in [0.29, 0.717) is 0 Å². The molecule has 60 valence electrons. The van der Waals surface area contributed by atoms with Crippen LogP contribution >= 0.6 is 31.9 Å². The van der Waals surface area contributed by atoms with Crippen LogP contribution in [0.1, 0.15) is 18.5 Å². The average molecular weight is 279 g/mol. The van der Waals surface area contributed by atoms with Crippen LogP contribution in [0.4, 0.5) is 0 Å². The largest absolute Gasteiger partial charge is 0.324 e. The standard InChI is InChI=1S/C8H9Br2N/c1-5(11)6-3-2-4-7(9)8(6)10/h2-5H,11H2,1H3/t5-/m1/s1. The molecular weight excluding hydrogens is 270 g/mol. The van der Waals surface area contributed by atoms with Gasteiger partial charge in [0.15, 0.2) is 0 Å². The maximum Gasteiger partial charge on any atom is 0.0365 e. The molecule has 1 rings (SSSR count). The van der Waals surface area contributed by atoms with Crippen LogP contribution in [-0.2, 0) is 0 Å². The second kappa shape index (κ2) is 3.70. The third-order valence-electron chi connectivity index (χ3n) is 1.47. The van der Waals surface area contributed by atoms with Gasteiger partial charge < -0.3 is 5.73 Å². The molecule has 0 saturated heterocycles. The first-order chi connectivity index (χ1) is 5.13. The minimum Gasteiger partial charge on any atom is -0.324 e. The van der Waals surface area contributed by atoms with Gasteiger partial charge in [-0.2, -0.15) is 0 Å². The molecule has 0 aromatic heterocycles. The van der Waals surface area contributed by atoms with Crippen molar-refractivity contribution in [2.45, 2.75) is 13.0 Å². The number of halogens is 2. The first-order valence-corrected chi connectivity index (χ1v) is 4.91. The number of hydrogen-bond donors (Lipinski definition) is 1. The highest BCUT2D eigenvalue weighted by Gasteiger charge is 2.05. The molecule has 0 aliphatic rings. The van der Waals surface area contributed by atoms with Gasteiger partial charge in [0.25, 0.3) is 0 Å². The first kappa shape index (κ1) is 9.23. The Morgan fingerprint density at radius 2 is 2.00 bits per heavy atom. The van der Waals surface area contributed by atoms with E-state index in [2.05, 4.69) is 31.9 Å². The maximum atomic E-state index is 5.73. The van der Waals surface area contributed by atoms with Gasteiger partial charge in [0.2, 0.25) is 0 Å². The highest BCUT2D eigenvalue weighted by molar-refractivity contribution is 9.13. The lowest BCUT2D eigenvalue weighted by atomic mass is 10.1. The molecule has 0 radical (unpaired) electrons. The van der Waals surface area contributed by atoms with E-state index in [0.717, 1.165) is 14.5 Å². The fraction of sp³-hybridized carbons (Fsp3) is 0.250. The Morgan fingerprint density at radius 1 is 1.36 bits per heavy atom. The Hall–Kier alpha value is 0.140. The molecule has 0 aliphatic carbocycles. The Balaban J connectivity index is 3.17. The van der Waals surface area contributed by atoms with E-state index in [1.54, 1.807) is 0 Å². The zero-order chi connectivity index (χ0) is 8.43. The number of benzene rings is 1. The van der Waals surface area contributed by atoms with Crippen LogP contribution in [0.15, 0.2) is 27.1 Å². The molecule has 1 aromatic carbocycles. The van der Waals surface area contributed by atoms with E-state index in [-0.39, 0.29) is 6.04 Å². The summed E-state index contributed by atoms with van der Waals surface area (Å²) in [6, 6.07) is 6.05. The van der Waals surface area contributed by atoms with Crippen LogP contribution in [0, 0.1) is 0 Å². The lowest BCUT2D eigenvalue weighted by Crippen LogP contribution is -2.05. The normalized spacial score (nSPS) is 13.1. The topological polar surface area (TPSA) is 26.0 Å². The van der Waals surface area contributed by atoms with Crippen molar-refractivity contribution in [3.8, 4) is 0 Å². The summed E-state index contributed by atoms with van der Waals surface area (Å²) in [6.07, 6.45) is 0. The van der Waals surface area contributed by atoms with E-state index in [1.807, 2.05) is 25.1 Å². The van der Waals surface area contributed by atoms with Crippen LogP contribution in [0.5, 0.6) is 0 Å². The van der Waals surface area contributed by atoms with E-state index < -0.39 is 0 Å². The van der Waals surface area contributed by atoms with Crippen molar-refractivity contribution in [2.75, 3.05) is 0 Å². The van der Waals surface area contributed by atoms with Crippen LogP contribution < -0.4 is 5.73 Å². The third-order valence-corrected chi connectivity index (χ3v) is 3.55. The number of hydrogen-bond acceptors (Lipinski definition) is 1. The van der Waals surface area contributed by atoms with Crippen LogP contribution in [0.25, 0.3) is 0 Å². The van der Waals surface area contributed by atoms with Gasteiger partial charge in [-0.3, -0.25) is 0 Å². The Bertz CT molecular complexity index is 258. The second-order valence-corrected chi connectivity index (χ2v) is 4.08. The summed E-state index contributed by atoms with van der Waals surface area (Å²) in [5.74, 6) is 0. The monoisotopic (exact) mass is 277 g/mol. The van der Waals surface area contributed by atoms with E-state index in [4.69, 9.17) is 5.73 Å². The minimum atomic E-state index is 0.0712. The van der Waals surface area contributed by atoms with E-state index in [1.165, 1.54) is 0 Å². The molecule has 0 amide bonds. The van der Waals surface area contributed by atoms with Gasteiger partial charge in [0.05, 0.1) is 0 Å². The fourth-order valence-electron chi connectivity index (χ4n) is 0.872. The molecule has 0 unspecified atom stereocenters. The quantitative estimate of drug-likeness (QED) is 0.839. The summed E-state index contributed by atoms with van der Waals surface area (Å²) < 4.78 is 2.10. The highest BCUT2D eigenvalue weighted by atomic mass is 79.9. The van der Waals surface area contributed by atoms with Crippen molar-refractivity contribution in [3.63, 3.8) is 0 Å². The second-order valence-electron chi connectivity index (χ2n) is 2.43. The minimum absolute atomic E-state index is 0.0712. The van der Waals surface area contributed by atoms with Crippen LogP contribution in [0.3, 0.4) is 0 Å². The highest BCUT2D eigenvalue weighted by Crippen LogP contribution is 2.29. The third kappa shape index (κ3) is 2.04. The van der Waals surface area contributed by atoms with Crippen molar-refractivity contribution in [3.05, 3.63) is 32.7 Å². The van der Waals surface area contributed by atoms with Crippen LogP contribution in [-0.4, -0.2) is 0 Å². The van der Waals surface area contributed by atoms with Crippen molar-refractivity contribution < 1.29 is 0 Å². The molecule has 0 spiro atoms. The molecule has 1 aromatic rings. The Kier molecular flexibility index (Phi) is 3.10. The molecule has 2 N–H and O–H groups in total. The summed E-state index contributed by atoms with van der Waals surface area (Å²) in [4.78, 5) is 0. The van der Waals surface area contributed by atoms with E-state index in [9.17, 15) is 0 Å². The zero-order valence-electron chi connectivity index (χ0n) is 6.14. The zero-order valence-corrected chi connectivity index (χ0v) is 9.31. The molecule has 0 fully saturated rings. The summed E-state index contributed by atoms with van der Waals surface area (Å²) in [6.45, 7) is 1.96. The summed E-state index contributed by atoms with van der Waals surface area (Å²) >= 11 is 6.87. The molecule has 1 atom stereocenters. The molecular formula is C8H9Br2N. The summed E-state index contributed by atoms with van der Waals surface area (Å²) in [5.41, 5.74) is 6.86. The average Bonchev–Trinajstić information content (AvgIpc) is 1.94. The van der Waals surface area contributed by atoms with Gasteiger partial charge in [-0.15, -0.1) is 0 Å². The molecule has 1 nitrogen and oxygen atoms in total. The van der Waals surface area contributed by atoms with Crippen molar-refractivity contribution in [2.24, 2.45) is 5.73 Å². The SMILES string of the molecule is C[C@@H](N)c1cccc(Br)c1Br. The Labute approximate surface area is 83.2 Å². The van der Waals surface area contributed by atoms with Gasteiger partial charge >= 0.3 is 0 Å². The van der Waals surface area contributed by atoms with Gasteiger partial charge in [0.1, 0.15) is 0 Å². The molecule has 0 heterocycles. The lowest BCUT2D eigenvalue weighted by Gasteiger charge is -2.08. The molecule has 0 saturated carbocycles. The predicted octanol–water partition coefficient (Wildman–Crippen LogP) is 3.23. The van der Waals surface area contributed by atoms with Gasteiger partial charge in [-0.25, -0.2) is 0 Å². The molecule has 11 heavy (non-hydrogen) atoms. The van der Waals surface area contributed by atoms with Gasteiger partial charge in [0, 0.05) is 15.0 Å². The predicted molar refractivity (Wildman–Crippen MR) is 54.4 cm³/mol. The summed E-state index contributed by atoms with van der Waals surface area (Å²) in [7, 11) is 0. The van der Waals surface area contributed by atoms with Crippen molar-refractivity contribution >= 4 is 31.9 Å². The maximum absolute atomic E-state index is 5.73. The number of rotatable bonds is 1. The van der Waals surface area contributed by atoms with E-state index >= 15 is 0 Å². The van der Waals surface area contributed by atoms with Crippen molar-refractivity contribution in [1.82, 2.24) is 0 Å². The first-order valence-electron chi connectivity index (χ1n) is 3.32. The summed E-state index contributed by atoms with van der Waals surface area (Å²) in [5, 5.41) is 0. The fourth-order valence-corrected chi connectivity index (χ4v) is 1.88. The molecule has 0 bridgehead atoms. The molecule has 3 heteroatoms. The molecule has 0 aliphatic heterocycles. The van der Waals surface area contributed by atoms with Crippen molar-refractivity contribution in [1.29, 1.82) is 0 Å². The van der Waals surface area contributed by atoms with Gasteiger partial charge in [-0.1, -0.05) is 12.1 Å².